The topological polar surface area (TPSA) is 108 Å². The average molecular weight is 547 g/mol. The van der Waals surface area contributed by atoms with Crippen LogP contribution in [0.5, 0.6) is 5.75 Å². The summed E-state index contributed by atoms with van der Waals surface area (Å²) in [5.74, 6) is 0.773. The summed E-state index contributed by atoms with van der Waals surface area (Å²) in [5, 5.41) is 3.85. The van der Waals surface area contributed by atoms with Crippen molar-refractivity contribution in [3.05, 3.63) is 119 Å². The number of rotatable bonds is 6. The molecule has 204 valence electrons. The fourth-order valence-electron chi connectivity index (χ4n) is 5.89. The van der Waals surface area contributed by atoms with E-state index in [1.165, 1.54) is 4.90 Å². The van der Waals surface area contributed by atoms with E-state index >= 15 is 0 Å². The van der Waals surface area contributed by atoms with Crippen LogP contribution in [-0.4, -0.2) is 40.9 Å². The van der Waals surface area contributed by atoms with Crippen molar-refractivity contribution in [3.63, 3.8) is 0 Å². The van der Waals surface area contributed by atoms with E-state index in [0.29, 0.717) is 29.2 Å². The van der Waals surface area contributed by atoms with Gasteiger partial charge < -0.3 is 19.5 Å². The van der Waals surface area contributed by atoms with Gasteiger partial charge >= 0.3 is 6.03 Å². The molecular weight excluding hydrogens is 520 g/mol. The summed E-state index contributed by atoms with van der Waals surface area (Å²) in [6.07, 6.45) is 1.95. The maximum atomic E-state index is 14.0. The molecule has 4 amide bonds. The van der Waals surface area contributed by atoms with E-state index in [-0.39, 0.29) is 18.4 Å². The van der Waals surface area contributed by atoms with Gasteiger partial charge in [0.2, 0.25) is 0 Å². The summed E-state index contributed by atoms with van der Waals surface area (Å²) in [7, 11) is 1.61. The van der Waals surface area contributed by atoms with Gasteiger partial charge in [0, 0.05) is 28.6 Å². The van der Waals surface area contributed by atoms with Crippen molar-refractivity contribution in [1.82, 2.24) is 15.2 Å². The second-order valence-corrected chi connectivity index (χ2v) is 10.1. The van der Waals surface area contributed by atoms with Gasteiger partial charge in [-0.3, -0.25) is 14.5 Å². The number of anilines is 1. The number of nitrogens with zero attached hydrogens (tertiary/aromatic N) is 2. The van der Waals surface area contributed by atoms with Gasteiger partial charge in [-0.1, -0.05) is 30.3 Å². The molecule has 4 heterocycles. The number of benzene rings is 3. The predicted molar refractivity (Wildman–Crippen MR) is 152 cm³/mol. The molecule has 41 heavy (non-hydrogen) atoms. The van der Waals surface area contributed by atoms with E-state index < -0.39 is 18.1 Å². The molecule has 0 saturated carbocycles. The number of para-hydroxylation sites is 1. The highest BCUT2D eigenvalue weighted by atomic mass is 16.5. The van der Waals surface area contributed by atoms with Crippen LogP contribution in [0.4, 0.5) is 10.5 Å². The van der Waals surface area contributed by atoms with Crippen LogP contribution in [0.15, 0.2) is 95.6 Å². The third-order valence-corrected chi connectivity index (χ3v) is 7.87. The molecule has 0 unspecified atom stereocenters. The molecule has 2 atom stereocenters. The summed E-state index contributed by atoms with van der Waals surface area (Å²) >= 11 is 0. The van der Waals surface area contributed by atoms with Gasteiger partial charge in [0.05, 0.1) is 25.6 Å². The molecule has 2 aliphatic rings. The Labute approximate surface area is 235 Å². The molecule has 0 bridgehead atoms. The number of aromatic nitrogens is 1. The van der Waals surface area contributed by atoms with Crippen molar-refractivity contribution in [2.45, 2.75) is 25.0 Å². The molecule has 9 nitrogen and oxygen atoms in total. The highest BCUT2D eigenvalue weighted by Crippen LogP contribution is 2.45. The van der Waals surface area contributed by atoms with E-state index in [0.717, 1.165) is 27.7 Å². The lowest BCUT2D eigenvalue weighted by atomic mass is 9.89. The number of ether oxygens (including phenoxy) is 1. The molecule has 2 aromatic heterocycles. The SMILES string of the molecule is COc1ccc([C@H]2c3[nH]c4ccccc4c3C[C@H]3C(=O)N(c4ccc(C(=O)NCc5ccco5)cc4)C(=O)N23)cc1. The quantitative estimate of drug-likeness (QED) is 0.285. The van der Waals surface area contributed by atoms with Gasteiger partial charge in [0.15, 0.2) is 0 Å². The van der Waals surface area contributed by atoms with E-state index in [9.17, 15) is 14.4 Å². The van der Waals surface area contributed by atoms with Crippen molar-refractivity contribution in [2.24, 2.45) is 0 Å². The van der Waals surface area contributed by atoms with Crippen LogP contribution in [0, 0.1) is 0 Å². The minimum Gasteiger partial charge on any atom is -0.497 e. The Kier molecular flexibility index (Phi) is 5.85. The van der Waals surface area contributed by atoms with Gasteiger partial charge in [-0.25, -0.2) is 9.69 Å². The number of hydrogen-bond acceptors (Lipinski definition) is 5. The average Bonchev–Trinajstić information content (AvgIpc) is 3.72. The molecule has 7 rings (SSSR count). The summed E-state index contributed by atoms with van der Waals surface area (Å²) in [6.45, 7) is 0.259. The maximum Gasteiger partial charge on any atom is 0.332 e. The number of urea groups is 1. The van der Waals surface area contributed by atoms with Crippen LogP contribution in [-0.2, 0) is 17.8 Å². The molecule has 0 aliphatic carbocycles. The minimum atomic E-state index is -0.669. The van der Waals surface area contributed by atoms with E-state index in [4.69, 9.17) is 9.15 Å². The number of carbonyl (C=O) groups is 3. The van der Waals surface area contributed by atoms with E-state index in [1.807, 2.05) is 48.5 Å². The zero-order valence-electron chi connectivity index (χ0n) is 22.2. The smallest absolute Gasteiger partial charge is 0.332 e. The monoisotopic (exact) mass is 546 g/mol. The van der Waals surface area contributed by atoms with Gasteiger partial charge in [-0.2, -0.15) is 0 Å². The second-order valence-electron chi connectivity index (χ2n) is 10.1. The Morgan fingerprint density at radius 1 is 1.00 bits per heavy atom. The van der Waals surface area contributed by atoms with Crippen LogP contribution in [0.3, 0.4) is 0 Å². The van der Waals surface area contributed by atoms with E-state index in [2.05, 4.69) is 10.3 Å². The predicted octanol–water partition coefficient (Wildman–Crippen LogP) is 5.18. The molecule has 3 aromatic carbocycles. The summed E-state index contributed by atoms with van der Waals surface area (Å²) in [6, 6.07) is 24.0. The Balaban J connectivity index is 1.22. The Morgan fingerprint density at radius 3 is 2.51 bits per heavy atom. The number of nitrogens with one attached hydrogen (secondary N) is 2. The zero-order chi connectivity index (χ0) is 28.1. The Bertz CT molecular complexity index is 1770. The highest BCUT2D eigenvalue weighted by molar-refractivity contribution is 6.22. The first-order valence-electron chi connectivity index (χ1n) is 13.3. The molecule has 0 spiro atoms. The van der Waals surface area contributed by atoms with Crippen molar-refractivity contribution in [2.75, 3.05) is 12.0 Å². The van der Waals surface area contributed by atoms with Crippen LogP contribution in [0.2, 0.25) is 0 Å². The zero-order valence-corrected chi connectivity index (χ0v) is 22.2. The number of amides is 4. The molecule has 1 saturated heterocycles. The third-order valence-electron chi connectivity index (χ3n) is 7.87. The maximum absolute atomic E-state index is 14.0. The molecule has 1 fully saturated rings. The van der Waals surface area contributed by atoms with Crippen molar-refractivity contribution in [1.29, 1.82) is 0 Å². The number of imide groups is 1. The van der Waals surface area contributed by atoms with Gasteiger partial charge in [-0.15, -0.1) is 0 Å². The molecular formula is C32H26N4O5. The summed E-state index contributed by atoms with van der Waals surface area (Å²) < 4.78 is 10.6. The largest absolute Gasteiger partial charge is 0.497 e. The number of hydrogen-bond donors (Lipinski definition) is 2. The number of methoxy groups -OCH3 is 1. The summed E-state index contributed by atoms with van der Waals surface area (Å²) in [5.41, 5.74) is 4.60. The highest BCUT2D eigenvalue weighted by Gasteiger charge is 2.53. The first-order valence-corrected chi connectivity index (χ1v) is 13.3. The molecule has 5 aromatic rings. The third kappa shape index (κ3) is 4.05. The number of aromatic amines is 1. The lowest BCUT2D eigenvalue weighted by molar-refractivity contribution is -0.120. The Morgan fingerprint density at radius 2 is 1.78 bits per heavy atom. The van der Waals surface area contributed by atoms with E-state index in [1.54, 1.807) is 54.7 Å². The van der Waals surface area contributed by atoms with Gasteiger partial charge in [0.1, 0.15) is 23.6 Å². The first-order chi connectivity index (χ1) is 20.0. The number of H-pyrrole nitrogens is 1. The molecule has 9 heteroatoms. The Hall–Kier alpha value is -5.31. The van der Waals surface area contributed by atoms with Crippen LogP contribution in [0.25, 0.3) is 10.9 Å². The number of furan rings is 1. The van der Waals surface area contributed by atoms with Crippen LogP contribution >= 0.6 is 0 Å². The summed E-state index contributed by atoms with van der Waals surface area (Å²) in [4.78, 5) is 47.0. The lowest BCUT2D eigenvalue weighted by Crippen LogP contribution is -2.44. The number of fused-ring (bicyclic) bond motifs is 4. The standard InChI is InChI=1S/C32H26N4O5/c1-40-22-14-10-19(11-15-22)29-28-25(24-6-2-3-7-26(24)34-28)17-27-31(38)35(32(39)36(27)29)21-12-8-20(9-13-21)30(37)33-18-23-5-4-16-41-23/h2-16,27,29,34H,17-18H2,1H3,(H,33,37)/t27-,29-/m0/s1. The van der Waals surface area contributed by atoms with Crippen LogP contribution < -0.4 is 15.0 Å². The van der Waals surface area contributed by atoms with Gasteiger partial charge in [0.25, 0.3) is 11.8 Å². The first kappa shape index (κ1) is 24.7. The lowest BCUT2D eigenvalue weighted by Gasteiger charge is -2.36. The normalized spacial score (nSPS) is 18.0. The minimum absolute atomic E-state index is 0.259. The van der Waals surface area contributed by atoms with Crippen molar-refractivity contribution < 1.29 is 23.5 Å². The number of carbonyl (C=O) groups excluding carboxylic acids is 3. The van der Waals surface area contributed by atoms with Crippen LogP contribution in [0.1, 0.15) is 39.0 Å². The molecule has 0 radical (unpaired) electrons. The van der Waals surface area contributed by atoms with Crippen molar-refractivity contribution in [3.8, 4) is 5.75 Å². The molecule has 2 aliphatic heterocycles. The van der Waals surface area contributed by atoms with Crippen molar-refractivity contribution >= 4 is 34.4 Å². The van der Waals surface area contributed by atoms with Gasteiger partial charge in [-0.05, 0) is 65.7 Å². The second kappa shape index (κ2) is 9.71. The fourth-order valence-corrected chi connectivity index (χ4v) is 5.89. The molecule has 2 N–H and O–H groups in total. The fraction of sp³-hybridized carbons (Fsp3) is 0.156.